The number of nitrogens with one attached hydrogen (secondary N) is 1. The first kappa shape index (κ1) is 28.3. The van der Waals surface area contributed by atoms with E-state index in [2.05, 4.69) is 5.32 Å². The first-order chi connectivity index (χ1) is 15.7. The molecule has 2 atom stereocenters. The van der Waals surface area contributed by atoms with E-state index in [9.17, 15) is 19.5 Å². The van der Waals surface area contributed by atoms with Crippen molar-refractivity contribution in [3.63, 3.8) is 0 Å². The smallest absolute Gasteiger partial charge is 0.303 e. The number of aryl methyl sites for hydroxylation is 1. The molecular formula is C25H38N2O6. The second kappa shape index (κ2) is 16.0. The van der Waals surface area contributed by atoms with Gasteiger partial charge in [0.05, 0.1) is 6.10 Å². The van der Waals surface area contributed by atoms with Crippen molar-refractivity contribution in [3.8, 4) is 0 Å². The number of aliphatic hydroxyl groups is 1. The van der Waals surface area contributed by atoms with Gasteiger partial charge in [-0.1, -0.05) is 37.3 Å². The number of ether oxygens (including phenoxy) is 1. The molecule has 0 heterocycles. The highest BCUT2D eigenvalue weighted by atomic mass is 16.5. The number of unbranched alkanes of at least 4 members (excludes halogenated alkanes) is 2. The number of hydrogen-bond donors (Lipinski definition) is 3. The van der Waals surface area contributed by atoms with Crippen molar-refractivity contribution in [2.75, 3.05) is 26.0 Å². The molecule has 2 unspecified atom stereocenters. The van der Waals surface area contributed by atoms with Crippen LogP contribution in [0.2, 0.25) is 0 Å². The van der Waals surface area contributed by atoms with E-state index < -0.39 is 18.2 Å². The highest BCUT2D eigenvalue weighted by molar-refractivity contribution is 5.92. The average Bonchev–Trinajstić information content (AvgIpc) is 2.78. The van der Waals surface area contributed by atoms with Crippen molar-refractivity contribution in [1.82, 2.24) is 4.90 Å². The Morgan fingerprint density at radius 1 is 1.15 bits per heavy atom. The predicted octanol–water partition coefficient (Wildman–Crippen LogP) is 3.39. The fourth-order valence-corrected chi connectivity index (χ4v) is 3.12. The Balaban J connectivity index is 2.53. The number of aliphatic carboxylic acids is 1. The monoisotopic (exact) mass is 462 g/mol. The van der Waals surface area contributed by atoms with Crippen LogP contribution in [-0.4, -0.2) is 65.8 Å². The minimum atomic E-state index is -0.895. The highest BCUT2D eigenvalue weighted by Gasteiger charge is 2.22. The second-order valence-electron chi connectivity index (χ2n) is 8.13. The number of benzene rings is 1. The van der Waals surface area contributed by atoms with Gasteiger partial charge in [-0.3, -0.25) is 14.4 Å². The number of carbonyl (C=O) groups is 3. The van der Waals surface area contributed by atoms with Crippen LogP contribution in [0.3, 0.4) is 0 Å². The maximum absolute atomic E-state index is 12.5. The number of carbonyl (C=O) groups excluding carboxylic acids is 2. The van der Waals surface area contributed by atoms with Crippen molar-refractivity contribution >= 4 is 23.5 Å². The Morgan fingerprint density at radius 2 is 1.88 bits per heavy atom. The molecule has 184 valence electrons. The summed E-state index contributed by atoms with van der Waals surface area (Å²) in [6.07, 6.45) is 6.47. The molecule has 1 aromatic carbocycles. The summed E-state index contributed by atoms with van der Waals surface area (Å²) >= 11 is 0. The summed E-state index contributed by atoms with van der Waals surface area (Å²) in [6.45, 7) is 2.33. The molecule has 0 aliphatic carbocycles. The molecule has 1 rings (SSSR count). The van der Waals surface area contributed by atoms with Gasteiger partial charge >= 0.3 is 5.97 Å². The molecule has 0 aliphatic heterocycles. The van der Waals surface area contributed by atoms with Gasteiger partial charge in [0.15, 0.2) is 0 Å². The van der Waals surface area contributed by atoms with Gasteiger partial charge < -0.3 is 25.2 Å². The van der Waals surface area contributed by atoms with Crippen LogP contribution in [0.25, 0.3) is 0 Å². The van der Waals surface area contributed by atoms with Gasteiger partial charge in [0.1, 0.15) is 6.10 Å². The Bertz CT molecular complexity index is 778. The number of likely N-dealkylation sites (N-methyl/N-ethyl adjacent to an activating group) is 1. The number of para-hydroxylation sites is 1. The molecule has 0 radical (unpaired) electrons. The van der Waals surface area contributed by atoms with Gasteiger partial charge in [-0.05, 0) is 50.2 Å². The number of nitrogens with zero attached hydrogens (tertiary/aromatic N) is 1. The topological polar surface area (TPSA) is 116 Å². The molecule has 0 saturated heterocycles. The van der Waals surface area contributed by atoms with Crippen LogP contribution in [-0.2, 0) is 25.5 Å². The van der Waals surface area contributed by atoms with Crippen LogP contribution in [0.15, 0.2) is 36.4 Å². The standard InChI is InChI=1S/C25H38N2O6/c1-4-20(28)12-7-5-6-10-18-33-22(25(32)27(2)3)15-16-23(29)26-21-13-9-8-11-19(21)14-17-24(30)31/h7-9,11-13,20,22,28H,4-6,10,14-18H2,1-3H3,(H,26,29)(H,30,31)/b12-7+. The Hall–Kier alpha value is -2.71. The minimum absolute atomic E-state index is 0.0187. The molecule has 2 amide bonds. The third-order valence-electron chi connectivity index (χ3n) is 5.11. The normalized spacial score (nSPS) is 13.0. The van der Waals surface area contributed by atoms with Crippen LogP contribution in [0, 0.1) is 0 Å². The molecule has 0 saturated carbocycles. The van der Waals surface area contributed by atoms with E-state index in [4.69, 9.17) is 9.84 Å². The third-order valence-corrected chi connectivity index (χ3v) is 5.11. The summed E-state index contributed by atoms with van der Waals surface area (Å²) < 4.78 is 5.79. The van der Waals surface area contributed by atoms with E-state index in [1.165, 1.54) is 4.90 Å². The molecule has 0 bridgehead atoms. The lowest BCUT2D eigenvalue weighted by atomic mass is 10.1. The van der Waals surface area contributed by atoms with E-state index in [1.807, 2.05) is 13.0 Å². The van der Waals surface area contributed by atoms with Crippen LogP contribution in [0.5, 0.6) is 0 Å². The summed E-state index contributed by atoms with van der Waals surface area (Å²) in [6, 6.07) is 7.11. The lowest BCUT2D eigenvalue weighted by Gasteiger charge is -2.21. The lowest BCUT2D eigenvalue weighted by Crippen LogP contribution is -2.36. The zero-order chi connectivity index (χ0) is 24.6. The van der Waals surface area contributed by atoms with Crippen LogP contribution in [0.1, 0.15) is 57.4 Å². The fourth-order valence-electron chi connectivity index (χ4n) is 3.12. The van der Waals surface area contributed by atoms with Crippen molar-refractivity contribution < 1.29 is 29.3 Å². The van der Waals surface area contributed by atoms with Gasteiger partial charge in [-0.25, -0.2) is 0 Å². The summed E-state index contributed by atoms with van der Waals surface area (Å²) in [4.78, 5) is 37.3. The van der Waals surface area contributed by atoms with E-state index in [0.717, 1.165) is 24.8 Å². The van der Waals surface area contributed by atoms with E-state index >= 15 is 0 Å². The first-order valence-electron chi connectivity index (χ1n) is 11.5. The van der Waals surface area contributed by atoms with Crippen LogP contribution >= 0.6 is 0 Å². The molecule has 0 aliphatic rings. The largest absolute Gasteiger partial charge is 0.481 e. The van der Waals surface area contributed by atoms with Gasteiger partial charge in [-0.15, -0.1) is 0 Å². The minimum Gasteiger partial charge on any atom is -0.481 e. The molecule has 0 aromatic heterocycles. The first-order valence-corrected chi connectivity index (χ1v) is 11.5. The zero-order valence-corrected chi connectivity index (χ0v) is 20.0. The van der Waals surface area contributed by atoms with Crippen molar-refractivity contribution in [2.45, 2.75) is 70.5 Å². The summed E-state index contributed by atoms with van der Waals surface area (Å²) in [5.74, 6) is -1.33. The van der Waals surface area contributed by atoms with Gasteiger partial charge in [0, 0.05) is 39.2 Å². The zero-order valence-electron chi connectivity index (χ0n) is 20.0. The van der Waals surface area contributed by atoms with E-state index in [1.54, 1.807) is 44.4 Å². The summed E-state index contributed by atoms with van der Waals surface area (Å²) in [5.41, 5.74) is 1.34. The van der Waals surface area contributed by atoms with E-state index in [0.29, 0.717) is 25.1 Å². The molecule has 3 N–H and O–H groups in total. The predicted molar refractivity (Wildman–Crippen MR) is 128 cm³/mol. The SMILES string of the molecule is CCC(O)/C=C/CCCCOC(CCC(=O)Nc1ccccc1CCC(=O)O)C(=O)N(C)C. The van der Waals surface area contributed by atoms with Gasteiger partial charge in [0.2, 0.25) is 5.91 Å². The fraction of sp³-hybridized carbons (Fsp3) is 0.560. The number of rotatable bonds is 16. The number of amides is 2. The highest BCUT2D eigenvalue weighted by Crippen LogP contribution is 2.18. The van der Waals surface area contributed by atoms with Crippen molar-refractivity contribution in [2.24, 2.45) is 0 Å². The van der Waals surface area contributed by atoms with Gasteiger partial charge in [-0.2, -0.15) is 0 Å². The molecule has 8 nitrogen and oxygen atoms in total. The Morgan fingerprint density at radius 3 is 2.55 bits per heavy atom. The Kier molecular flexibility index (Phi) is 13.7. The number of allylic oxidation sites excluding steroid dienone is 1. The number of aliphatic hydroxyl groups excluding tert-OH is 1. The summed E-state index contributed by atoms with van der Waals surface area (Å²) in [5, 5.41) is 21.2. The number of carboxylic acid groups (broad SMARTS) is 1. The third kappa shape index (κ3) is 12.2. The number of anilines is 1. The maximum Gasteiger partial charge on any atom is 0.303 e. The molecule has 8 heteroatoms. The van der Waals surface area contributed by atoms with Crippen molar-refractivity contribution in [3.05, 3.63) is 42.0 Å². The molecule has 0 fully saturated rings. The van der Waals surface area contributed by atoms with Crippen LogP contribution < -0.4 is 5.32 Å². The average molecular weight is 463 g/mol. The van der Waals surface area contributed by atoms with Gasteiger partial charge in [0.25, 0.3) is 5.91 Å². The van der Waals surface area contributed by atoms with Crippen molar-refractivity contribution in [1.29, 1.82) is 0 Å². The summed E-state index contributed by atoms with van der Waals surface area (Å²) in [7, 11) is 3.31. The molecule has 33 heavy (non-hydrogen) atoms. The molecule has 0 spiro atoms. The number of carboxylic acids is 1. The Labute approximate surface area is 196 Å². The maximum atomic E-state index is 12.5. The number of hydrogen-bond acceptors (Lipinski definition) is 5. The van der Waals surface area contributed by atoms with E-state index in [-0.39, 0.29) is 31.1 Å². The molecule has 1 aromatic rings. The lowest BCUT2D eigenvalue weighted by molar-refractivity contribution is -0.142. The molecular weight excluding hydrogens is 424 g/mol. The van der Waals surface area contributed by atoms with Crippen LogP contribution in [0.4, 0.5) is 5.69 Å². The quantitative estimate of drug-likeness (QED) is 0.256. The second-order valence-corrected chi connectivity index (χ2v) is 8.13.